The first-order valence-corrected chi connectivity index (χ1v) is 9.60. The normalized spacial score (nSPS) is 10.8. The minimum Gasteiger partial charge on any atom is -0.350 e. The van der Waals surface area contributed by atoms with Crippen LogP contribution in [0.2, 0.25) is 0 Å². The number of nitrogens with one attached hydrogen (secondary N) is 1. The number of H-pyrrole nitrogens is 1. The SMILES string of the molecule is CC#Cc1cn(C)c(=O)cc1-c1cn(C)c(=O)c2[nH]c(-c3cc(C)nc(C)c3)cc12. The number of aromatic amines is 1. The van der Waals surface area contributed by atoms with Crippen molar-refractivity contribution in [2.45, 2.75) is 20.8 Å². The van der Waals surface area contributed by atoms with Gasteiger partial charge in [-0.2, -0.15) is 0 Å². The van der Waals surface area contributed by atoms with Gasteiger partial charge < -0.3 is 14.1 Å². The molecule has 6 nitrogen and oxygen atoms in total. The highest BCUT2D eigenvalue weighted by Crippen LogP contribution is 2.32. The summed E-state index contributed by atoms with van der Waals surface area (Å²) in [5, 5.41) is 0.757. The molecule has 150 valence electrons. The third kappa shape index (κ3) is 3.25. The van der Waals surface area contributed by atoms with E-state index in [4.69, 9.17) is 0 Å². The third-order valence-corrected chi connectivity index (χ3v) is 5.14. The van der Waals surface area contributed by atoms with Crippen LogP contribution in [0.25, 0.3) is 33.3 Å². The van der Waals surface area contributed by atoms with E-state index in [0.717, 1.165) is 39.2 Å². The Bertz CT molecular complexity index is 1470. The first kappa shape index (κ1) is 19.5. The Balaban J connectivity index is 2.08. The molecular formula is C24H22N4O2. The van der Waals surface area contributed by atoms with Crippen LogP contribution >= 0.6 is 0 Å². The van der Waals surface area contributed by atoms with Gasteiger partial charge in [0.25, 0.3) is 11.1 Å². The second-order valence-electron chi connectivity index (χ2n) is 7.49. The van der Waals surface area contributed by atoms with Crippen LogP contribution < -0.4 is 11.1 Å². The van der Waals surface area contributed by atoms with Crippen molar-refractivity contribution in [3.05, 3.63) is 74.3 Å². The molecule has 0 radical (unpaired) electrons. The van der Waals surface area contributed by atoms with Gasteiger partial charge in [0.05, 0.1) is 0 Å². The van der Waals surface area contributed by atoms with Crippen LogP contribution in [-0.4, -0.2) is 19.1 Å². The summed E-state index contributed by atoms with van der Waals surface area (Å²) in [6.45, 7) is 5.64. The molecule has 0 spiro atoms. The Labute approximate surface area is 173 Å². The number of aromatic nitrogens is 4. The van der Waals surface area contributed by atoms with E-state index in [0.29, 0.717) is 11.1 Å². The van der Waals surface area contributed by atoms with Gasteiger partial charge in [-0.15, -0.1) is 5.92 Å². The van der Waals surface area contributed by atoms with Gasteiger partial charge in [-0.3, -0.25) is 14.6 Å². The monoisotopic (exact) mass is 398 g/mol. The lowest BCUT2D eigenvalue weighted by atomic mass is 9.99. The van der Waals surface area contributed by atoms with Gasteiger partial charge in [0.1, 0.15) is 5.52 Å². The molecular weight excluding hydrogens is 376 g/mol. The second kappa shape index (κ2) is 7.20. The van der Waals surface area contributed by atoms with E-state index in [1.54, 1.807) is 39.5 Å². The summed E-state index contributed by atoms with van der Waals surface area (Å²) >= 11 is 0. The van der Waals surface area contributed by atoms with Crippen LogP contribution in [0.1, 0.15) is 23.9 Å². The first-order valence-electron chi connectivity index (χ1n) is 9.60. The molecule has 0 aliphatic rings. The van der Waals surface area contributed by atoms with Crippen molar-refractivity contribution in [1.29, 1.82) is 0 Å². The summed E-state index contributed by atoms with van der Waals surface area (Å²) in [6.07, 6.45) is 3.50. The van der Waals surface area contributed by atoms with E-state index in [2.05, 4.69) is 21.8 Å². The zero-order valence-corrected chi connectivity index (χ0v) is 17.6. The molecule has 4 rings (SSSR count). The minimum atomic E-state index is -0.134. The van der Waals surface area contributed by atoms with Crippen LogP contribution in [0, 0.1) is 25.7 Å². The van der Waals surface area contributed by atoms with Gasteiger partial charge in [-0.25, -0.2) is 0 Å². The van der Waals surface area contributed by atoms with Crippen LogP contribution in [0.5, 0.6) is 0 Å². The molecule has 4 heterocycles. The van der Waals surface area contributed by atoms with Gasteiger partial charge in [0.15, 0.2) is 0 Å². The molecule has 0 atom stereocenters. The molecule has 0 aliphatic carbocycles. The maximum absolute atomic E-state index is 12.8. The van der Waals surface area contributed by atoms with Crippen molar-refractivity contribution in [2.75, 3.05) is 0 Å². The number of pyridine rings is 3. The highest BCUT2D eigenvalue weighted by molar-refractivity contribution is 5.98. The number of fused-ring (bicyclic) bond motifs is 1. The van der Waals surface area contributed by atoms with Crippen LogP contribution in [0.15, 0.2) is 46.2 Å². The van der Waals surface area contributed by atoms with Crippen molar-refractivity contribution in [1.82, 2.24) is 19.1 Å². The largest absolute Gasteiger partial charge is 0.350 e. The smallest absolute Gasteiger partial charge is 0.274 e. The number of hydrogen-bond acceptors (Lipinski definition) is 3. The zero-order chi connectivity index (χ0) is 21.6. The summed E-state index contributed by atoms with van der Waals surface area (Å²) in [5.41, 5.74) is 6.06. The summed E-state index contributed by atoms with van der Waals surface area (Å²) in [6, 6.07) is 7.50. The van der Waals surface area contributed by atoms with Gasteiger partial charge in [-0.1, -0.05) is 5.92 Å². The Kier molecular flexibility index (Phi) is 4.67. The highest BCUT2D eigenvalue weighted by atomic mass is 16.1. The fraction of sp³-hybridized carbons (Fsp3) is 0.208. The van der Waals surface area contributed by atoms with E-state index in [1.165, 1.54) is 9.13 Å². The fourth-order valence-corrected chi connectivity index (χ4v) is 3.78. The Morgan fingerprint density at radius 3 is 2.30 bits per heavy atom. The van der Waals surface area contributed by atoms with Gasteiger partial charge in [0.2, 0.25) is 0 Å². The molecule has 0 fully saturated rings. The molecule has 0 amide bonds. The molecule has 4 aromatic heterocycles. The lowest BCUT2D eigenvalue weighted by Crippen LogP contribution is -2.18. The number of rotatable bonds is 2. The summed E-state index contributed by atoms with van der Waals surface area (Å²) in [7, 11) is 3.41. The molecule has 0 aromatic carbocycles. The van der Waals surface area contributed by atoms with E-state index >= 15 is 0 Å². The quantitative estimate of drug-likeness (QED) is 0.527. The maximum Gasteiger partial charge on any atom is 0.274 e. The number of nitrogens with zero attached hydrogens (tertiary/aromatic N) is 3. The predicted molar refractivity (Wildman–Crippen MR) is 119 cm³/mol. The Hall–Kier alpha value is -3.85. The molecule has 0 saturated heterocycles. The topological polar surface area (TPSA) is 72.7 Å². The van der Waals surface area contributed by atoms with E-state index in [-0.39, 0.29) is 11.1 Å². The van der Waals surface area contributed by atoms with E-state index < -0.39 is 0 Å². The van der Waals surface area contributed by atoms with E-state index in [1.807, 2.05) is 32.0 Å². The second-order valence-corrected chi connectivity index (χ2v) is 7.49. The number of hydrogen-bond donors (Lipinski definition) is 1. The predicted octanol–water partition coefficient (Wildman–Crippen LogP) is 3.28. The van der Waals surface area contributed by atoms with Crippen molar-refractivity contribution in [2.24, 2.45) is 14.1 Å². The standard InChI is InChI=1S/C24H22N4O2/c1-6-7-16-12-27(4)22(29)11-18(16)20-13-28(5)24(30)23-19(20)10-21(26-23)17-8-14(2)25-15(3)9-17/h8-13,26H,1-5H3. The van der Waals surface area contributed by atoms with Gasteiger partial charge in [0, 0.05) is 77.3 Å². The lowest BCUT2D eigenvalue weighted by molar-refractivity contribution is 0.856. The van der Waals surface area contributed by atoms with E-state index in [9.17, 15) is 9.59 Å². The van der Waals surface area contributed by atoms with Crippen LogP contribution in [0.3, 0.4) is 0 Å². The molecule has 0 unspecified atom stereocenters. The van der Waals surface area contributed by atoms with Crippen molar-refractivity contribution in [3.8, 4) is 34.2 Å². The number of aryl methyl sites for hydroxylation is 4. The van der Waals surface area contributed by atoms with Crippen molar-refractivity contribution < 1.29 is 0 Å². The molecule has 0 bridgehead atoms. The third-order valence-electron chi connectivity index (χ3n) is 5.14. The van der Waals surface area contributed by atoms with Crippen molar-refractivity contribution in [3.63, 3.8) is 0 Å². The minimum absolute atomic E-state index is 0.130. The Morgan fingerprint density at radius 2 is 1.63 bits per heavy atom. The molecule has 4 aromatic rings. The lowest BCUT2D eigenvalue weighted by Gasteiger charge is -2.10. The van der Waals surface area contributed by atoms with Crippen LogP contribution in [-0.2, 0) is 14.1 Å². The summed E-state index contributed by atoms with van der Waals surface area (Å²) < 4.78 is 3.04. The fourth-order valence-electron chi connectivity index (χ4n) is 3.78. The maximum atomic E-state index is 12.8. The highest BCUT2D eigenvalue weighted by Gasteiger charge is 2.16. The molecule has 0 aliphatic heterocycles. The molecule has 6 heteroatoms. The molecule has 30 heavy (non-hydrogen) atoms. The summed E-state index contributed by atoms with van der Waals surface area (Å²) in [4.78, 5) is 32.9. The zero-order valence-electron chi connectivity index (χ0n) is 17.6. The first-order chi connectivity index (χ1) is 14.3. The van der Waals surface area contributed by atoms with Gasteiger partial charge in [-0.05, 0) is 39.0 Å². The molecule has 0 saturated carbocycles. The van der Waals surface area contributed by atoms with Crippen molar-refractivity contribution >= 4 is 10.9 Å². The average molecular weight is 398 g/mol. The van der Waals surface area contributed by atoms with Gasteiger partial charge >= 0.3 is 0 Å². The average Bonchev–Trinajstić information content (AvgIpc) is 3.13. The Morgan fingerprint density at radius 1 is 0.933 bits per heavy atom. The molecule has 1 N–H and O–H groups in total. The summed E-state index contributed by atoms with van der Waals surface area (Å²) in [5.74, 6) is 5.99. The van der Waals surface area contributed by atoms with Crippen LogP contribution in [0.4, 0.5) is 0 Å².